The van der Waals surface area contributed by atoms with Crippen LogP contribution < -0.4 is 5.57 Å². The maximum atomic E-state index is 4.75. The fourth-order valence-corrected chi connectivity index (χ4v) is 5.28. The van der Waals surface area contributed by atoms with Gasteiger partial charge in [0.1, 0.15) is 8.22 Å². The summed E-state index contributed by atoms with van der Waals surface area (Å²) >= 11 is 0. The van der Waals surface area contributed by atoms with Gasteiger partial charge in [-0.05, 0) is 5.56 Å². The van der Waals surface area contributed by atoms with Crippen molar-refractivity contribution >= 4 is 13.8 Å². The third-order valence-electron chi connectivity index (χ3n) is 4.06. The molecule has 1 heterocycles. The average Bonchev–Trinajstić information content (AvgIpc) is 3.04. The van der Waals surface area contributed by atoms with Gasteiger partial charge in [0.2, 0.25) is 0 Å². The summed E-state index contributed by atoms with van der Waals surface area (Å²) in [7, 11) is -0.544. The van der Waals surface area contributed by atoms with Gasteiger partial charge in [-0.25, -0.2) is 4.98 Å². The van der Waals surface area contributed by atoms with Crippen LogP contribution in [0.15, 0.2) is 42.7 Å². The Balaban J connectivity index is 2.34. The van der Waals surface area contributed by atoms with Crippen LogP contribution in [0.4, 0.5) is 0 Å². The maximum absolute atomic E-state index is 4.75. The van der Waals surface area contributed by atoms with E-state index in [0.717, 1.165) is 32.7 Å². The number of hydrogen-bond donors (Lipinski definition) is 0. The summed E-state index contributed by atoms with van der Waals surface area (Å²) in [6.07, 6.45) is 4.06. The summed E-state index contributed by atoms with van der Waals surface area (Å²) in [5.41, 5.74) is 2.53. The molecule has 2 rings (SSSR count). The Morgan fingerprint density at radius 2 is 1.48 bits per heavy atom. The summed E-state index contributed by atoms with van der Waals surface area (Å²) in [6, 6.07) is 10.6. The van der Waals surface area contributed by atoms with Gasteiger partial charge in [-0.1, -0.05) is 58.0 Å². The van der Waals surface area contributed by atoms with Crippen molar-refractivity contribution in [1.82, 2.24) is 18.9 Å². The van der Waals surface area contributed by atoms with E-state index in [9.17, 15) is 0 Å². The normalized spacial score (nSPS) is 11.8. The van der Waals surface area contributed by atoms with E-state index in [1.807, 2.05) is 6.20 Å². The molecular weight excluding hydrogens is 303 g/mol. The molecule has 5 heteroatoms. The van der Waals surface area contributed by atoms with Crippen molar-refractivity contribution in [2.45, 2.75) is 34.2 Å². The monoisotopic (exact) mass is 332 g/mol. The molecule has 1 aromatic heterocycles. The topological polar surface area (TPSA) is 24.3 Å². The second-order valence-corrected chi connectivity index (χ2v) is 7.52. The lowest BCUT2D eigenvalue weighted by atomic mass is 10.2. The quantitative estimate of drug-likeness (QED) is 0.656. The van der Waals surface area contributed by atoms with E-state index in [1.54, 1.807) is 0 Å². The highest BCUT2D eigenvalue weighted by atomic mass is 31.1. The Morgan fingerprint density at radius 3 is 2.00 bits per heavy atom. The largest absolute Gasteiger partial charge is 0.325 e. The molecule has 0 aliphatic heterocycles. The minimum atomic E-state index is -0.544. The van der Waals surface area contributed by atoms with Crippen LogP contribution in [0, 0.1) is 0 Å². The minimum absolute atomic E-state index is 0.544. The van der Waals surface area contributed by atoms with Gasteiger partial charge in [0, 0.05) is 45.1 Å². The highest BCUT2D eigenvalue weighted by Crippen LogP contribution is 2.42. The molecule has 0 amide bonds. The standard InChI is InChI=1S/C18H29N4P/c1-5-21(6-2)23(22(7-3)8-4)18-19-14-15-20(18)16-17-12-10-9-11-13-17/h9-15H,5-8,16H2,1-4H3. The van der Waals surface area contributed by atoms with Crippen LogP contribution in [-0.2, 0) is 6.54 Å². The molecule has 0 saturated carbocycles. The molecule has 126 valence electrons. The number of aromatic nitrogens is 2. The highest BCUT2D eigenvalue weighted by Gasteiger charge is 2.27. The Morgan fingerprint density at radius 1 is 0.913 bits per heavy atom. The number of hydrogen-bond acceptors (Lipinski definition) is 3. The van der Waals surface area contributed by atoms with Crippen molar-refractivity contribution in [3.8, 4) is 0 Å². The fraction of sp³-hybridized carbons (Fsp3) is 0.500. The molecule has 0 saturated heterocycles. The third kappa shape index (κ3) is 4.41. The van der Waals surface area contributed by atoms with Crippen LogP contribution in [0.5, 0.6) is 0 Å². The van der Waals surface area contributed by atoms with Gasteiger partial charge in [0.15, 0.2) is 5.57 Å². The van der Waals surface area contributed by atoms with Gasteiger partial charge < -0.3 is 4.57 Å². The van der Waals surface area contributed by atoms with Gasteiger partial charge in [-0.2, -0.15) is 0 Å². The van der Waals surface area contributed by atoms with E-state index in [2.05, 4.69) is 78.1 Å². The second-order valence-electron chi connectivity index (χ2n) is 5.41. The van der Waals surface area contributed by atoms with Crippen molar-refractivity contribution in [2.24, 2.45) is 0 Å². The third-order valence-corrected chi connectivity index (χ3v) is 7.00. The molecule has 0 atom stereocenters. The fourth-order valence-electron chi connectivity index (χ4n) is 2.81. The first kappa shape index (κ1) is 18.1. The zero-order valence-corrected chi connectivity index (χ0v) is 15.7. The molecule has 0 N–H and O–H groups in total. The summed E-state index contributed by atoms with van der Waals surface area (Å²) in [4.78, 5) is 4.75. The van der Waals surface area contributed by atoms with Gasteiger partial charge in [0.25, 0.3) is 0 Å². The number of rotatable bonds is 9. The van der Waals surface area contributed by atoms with Gasteiger partial charge in [-0.3, -0.25) is 9.34 Å². The average molecular weight is 332 g/mol. The first-order valence-electron chi connectivity index (χ1n) is 8.59. The predicted octanol–water partition coefficient (Wildman–Crippen LogP) is 3.55. The van der Waals surface area contributed by atoms with Crippen LogP contribution >= 0.6 is 8.22 Å². The van der Waals surface area contributed by atoms with Crippen LogP contribution in [0.25, 0.3) is 0 Å². The lowest BCUT2D eigenvalue weighted by Gasteiger charge is -2.36. The zero-order valence-electron chi connectivity index (χ0n) is 14.8. The summed E-state index contributed by atoms with van der Waals surface area (Å²) < 4.78 is 7.41. The van der Waals surface area contributed by atoms with Crippen molar-refractivity contribution < 1.29 is 0 Å². The Bertz CT molecular complexity index is 549. The van der Waals surface area contributed by atoms with Crippen molar-refractivity contribution in [3.63, 3.8) is 0 Å². The smallest absolute Gasteiger partial charge is 0.163 e. The summed E-state index contributed by atoms with van der Waals surface area (Å²) in [5, 5.41) is 0. The number of imidazole rings is 1. The molecule has 1 aromatic carbocycles. The van der Waals surface area contributed by atoms with E-state index >= 15 is 0 Å². The van der Waals surface area contributed by atoms with E-state index in [-0.39, 0.29) is 0 Å². The lowest BCUT2D eigenvalue weighted by molar-refractivity contribution is 0.428. The summed E-state index contributed by atoms with van der Waals surface area (Å²) in [5.74, 6) is 0. The molecule has 0 radical (unpaired) electrons. The van der Waals surface area contributed by atoms with E-state index in [0.29, 0.717) is 0 Å². The van der Waals surface area contributed by atoms with Gasteiger partial charge in [0.05, 0.1) is 0 Å². The second kappa shape index (κ2) is 9.17. The van der Waals surface area contributed by atoms with Crippen molar-refractivity contribution in [2.75, 3.05) is 26.2 Å². The molecule has 0 fully saturated rings. The first-order valence-corrected chi connectivity index (χ1v) is 9.84. The zero-order chi connectivity index (χ0) is 16.7. The molecule has 0 spiro atoms. The molecule has 23 heavy (non-hydrogen) atoms. The van der Waals surface area contributed by atoms with Gasteiger partial charge in [-0.15, -0.1) is 0 Å². The molecule has 0 unspecified atom stereocenters. The van der Waals surface area contributed by atoms with Crippen molar-refractivity contribution in [3.05, 3.63) is 48.3 Å². The number of benzene rings is 1. The summed E-state index contributed by atoms with van der Waals surface area (Å²) in [6.45, 7) is 14.1. The predicted molar refractivity (Wildman–Crippen MR) is 100 cm³/mol. The molecular formula is C18H29N4P. The highest BCUT2D eigenvalue weighted by molar-refractivity contribution is 7.60. The molecule has 2 aromatic rings. The Hall–Kier alpha value is -1.22. The lowest BCUT2D eigenvalue weighted by Crippen LogP contribution is -2.37. The molecule has 4 nitrogen and oxygen atoms in total. The van der Waals surface area contributed by atoms with Gasteiger partial charge >= 0.3 is 0 Å². The molecule has 0 aliphatic rings. The Kier molecular flexibility index (Phi) is 7.22. The van der Waals surface area contributed by atoms with E-state index in [1.165, 1.54) is 11.1 Å². The molecule has 0 bridgehead atoms. The Labute approximate surface area is 142 Å². The van der Waals surface area contributed by atoms with E-state index < -0.39 is 8.22 Å². The van der Waals surface area contributed by atoms with Crippen LogP contribution in [0.1, 0.15) is 33.3 Å². The van der Waals surface area contributed by atoms with Crippen molar-refractivity contribution in [1.29, 1.82) is 0 Å². The SMILES string of the molecule is CCN(CC)P(c1nccn1Cc1ccccc1)N(CC)CC. The maximum Gasteiger partial charge on any atom is 0.163 e. The molecule has 0 aliphatic carbocycles. The van der Waals surface area contributed by atoms with Crippen LogP contribution in [0.3, 0.4) is 0 Å². The number of nitrogens with zero attached hydrogens (tertiary/aromatic N) is 4. The van der Waals surface area contributed by atoms with E-state index in [4.69, 9.17) is 4.98 Å². The minimum Gasteiger partial charge on any atom is -0.325 e. The van der Waals surface area contributed by atoms with Crippen LogP contribution in [-0.4, -0.2) is 45.1 Å². The van der Waals surface area contributed by atoms with Crippen LogP contribution in [0.2, 0.25) is 0 Å². The first-order chi connectivity index (χ1) is 11.2.